The van der Waals surface area contributed by atoms with E-state index in [1.807, 2.05) is 30.1 Å². The van der Waals surface area contributed by atoms with Gasteiger partial charge in [-0.15, -0.1) is 0 Å². The lowest BCUT2D eigenvalue weighted by Crippen LogP contribution is -2.40. The van der Waals surface area contributed by atoms with Gasteiger partial charge in [-0.1, -0.05) is 43.7 Å². The molecule has 0 saturated carbocycles. The van der Waals surface area contributed by atoms with E-state index in [-0.39, 0.29) is 12.5 Å². The minimum absolute atomic E-state index is 0.00269. The number of carbonyl (C=O) groups is 1. The van der Waals surface area contributed by atoms with E-state index in [1.165, 1.54) is 5.56 Å². The largest absolute Gasteiger partial charge is 0.356 e. The maximum atomic E-state index is 11.7. The van der Waals surface area contributed by atoms with Gasteiger partial charge in [-0.25, -0.2) is 4.99 Å². The second-order valence-electron chi connectivity index (χ2n) is 5.55. The zero-order valence-corrected chi connectivity index (χ0v) is 14.2. The minimum Gasteiger partial charge on any atom is -0.356 e. The number of nitrogens with zero attached hydrogens (tertiary/aromatic N) is 3. The molecule has 0 fully saturated rings. The van der Waals surface area contributed by atoms with Crippen LogP contribution in [0.1, 0.15) is 25.3 Å². The molecule has 22 heavy (non-hydrogen) atoms. The van der Waals surface area contributed by atoms with Crippen molar-refractivity contribution in [1.29, 1.82) is 0 Å². The number of benzene rings is 1. The number of guanidine groups is 1. The van der Waals surface area contributed by atoms with Crippen molar-refractivity contribution in [3.63, 3.8) is 0 Å². The molecule has 0 atom stereocenters. The topological polar surface area (TPSA) is 47.9 Å². The van der Waals surface area contributed by atoms with Gasteiger partial charge in [-0.2, -0.15) is 0 Å². The van der Waals surface area contributed by atoms with E-state index in [0.29, 0.717) is 0 Å². The van der Waals surface area contributed by atoms with Crippen molar-refractivity contribution in [2.45, 2.75) is 26.3 Å². The highest BCUT2D eigenvalue weighted by molar-refractivity contribution is 5.84. The van der Waals surface area contributed by atoms with Crippen molar-refractivity contribution >= 4 is 11.9 Å². The van der Waals surface area contributed by atoms with Gasteiger partial charge in [0.2, 0.25) is 5.91 Å². The van der Waals surface area contributed by atoms with Gasteiger partial charge in [0.25, 0.3) is 0 Å². The van der Waals surface area contributed by atoms with Crippen LogP contribution >= 0.6 is 0 Å². The number of carbonyl (C=O) groups excluding carboxylic acids is 1. The summed E-state index contributed by atoms with van der Waals surface area (Å²) in [5.74, 6) is 0.774. The van der Waals surface area contributed by atoms with Gasteiger partial charge in [0, 0.05) is 34.2 Å². The lowest BCUT2D eigenvalue weighted by Gasteiger charge is -2.23. The van der Waals surface area contributed by atoms with Gasteiger partial charge in [-0.05, 0) is 12.0 Å². The Kier molecular flexibility index (Phi) is 8.04. The minimum atomic E-state index is 0.00269. The maximum Gasteiger partial charge on any atom is 0.243 e. The highest BCUT2D eigenvalue weighted by Gasteiger charge is 2.09. The summed E-state index contributed by atoms with van der Waals surface area (Å²) < 4.78 is 0. The van der Waals surface area contributed by atoms with E-state index < -0.39 is 0 Å². The van der Waals surface area contributed by atoms with E-state index >= 15 is 0 Å². The molecule has 0 spiro atoms. The van der Waals surface area contributed by atoms with Crippen LogP contribution in [0.3, 0.4) is 0 Å². The van der Waals surface area contributed by atoms with Crippen LogP contribution in [0.5, 0.6) is 0 Å². The van der Waals surface area contributed by atoms with Crippen molar-refractivity contribution in [2.75, 3.05) is 34.2 Å². The number of hydrogen-bond donors (Lipinski definition) is 1. The predicted molar refractivity (Wildman–Crippen MR) is 91.8 cm³/mol. The summed E-state index contributed by atoms with van der Waals surface area (Å²) in [5, 5.41) is 3.34. The molecule has 0 radical (unpaired) electrons. The highest BCUT2D eigenvalue weighted by atomic mass is 16.2. The summed E-state index contributed by atoms with van der Waals surface area (Å²) in [5.41, 5.74) is 1.22. The Labute approximate surface area is 134 Å². The number of likely N-dealkylation sites (N-methyl/N-ethyl adjacent to an activating group) is 1. The Bertz CT molecular complexity index is 471. The van der Waals surface area contributed by atoms with Crippen LogP contribution in [0.15, 0.2) is 35.3 Å². The van der Waals surface area contributed by atoms with Crippen LogP contribution in [-0.2, 0) is 11.3 Å². The molecule has 0 aliphatic heterocycles. The molecule has 1 aromatic rings. The first kappa shape index (κ1) is 18.0. The summed E-state index contributed by atoms with van der Waals surface area (Å²) in [7, 11) is 5.48. The first-order valence-corrected chi connectivity index (χ1v) is 7.78. The third-order valence-electron chi connectivity index (χ3n) is 3.30. The van der Waals surface area contributed by atoms with Crippen molar-refractivity contribution in [1.82, 2.24) is 15.1 Å². The number of unbranched alkanes of at least 4 members (excludes halogenated alkanes) is 1. The van der Waals surface area contributed by atoms with Crippen LogP contribution in [0.2, 0.25) is 0 Å². The predicted octanol–water partition coefficient (Wildman–Crippen LogP) is 1.95. The third-order valence-corrected chi connectivity index (χ3v) is 3.30. The Morgan fingerprint density at radius 2 is 1.86 bits per heavy atom. The van der Waals surface area contributed by atoms with Gasteiger partial charge in [0.15, 0.2) is 5.96 Å². The van der Waals surface area contributed by atoms with Crippen LogP contribution < -0.4 is 5.32 Å². The molecule has 0 saturated heterocycles. The van der Waals surface area contributed by atoms with Crippen LogP contribution in [0, 0.1) is 0 Å². The number of rotatable bonds is 7. The average molecular weight is 304 g/mol. The highest BCUT2D eigenvalue weighted by Crippen LogP contribution is 2.03. The molecule has 0 aromatic heterocycles. The summed E-state index contributed by atoms with van der Waals surface area (Å²) in [6.07, 6.45) is 2.21. The zero-order valence-electron chi connectivity index (χ0n) is 14.2. The second kappa shape index (κ2) is 9.82. The fourth-order valence-corrected chi connectivity index (χ4v) is 1.90. The van der Waals surface area contributed by atoms with Crippen molar-refractivity contribution in [3.05, 3.63) is 35.9 Å². The molecular weight excluding hydrogens is 276 g/mol. The molecular formula is C17H28N4O. The fourth-order valence-electron chi connectivity index (χ4n) is 1.90. The van der Waals surface area contributed by atoms with Crippen LogP contribution in [0.4, 0.5) is 0 Å². The molecule has 5 nitrogen and oxygen atoms in total. The standard InChI is InChI=1S/C17H28N4O/c1-5-6-12-18-17(19-13-16(22)20(2)3)21(4)14-15-10-8-7-9-11-15/h7-11H,5-6,12-14H2,1-4H3,(H,18,19). The third kappa shape index (κ3) is 6.61. The van der Waals surface area contributed by atoms with Gasteiger partial charge in [0.05, 0.1) is 0 Å². The summed E-state index contributed by atoms with van der Waals surface area (Å²) in [6.45, 7) is 3.95. The van der Waals surface area contributed by atoms with E-state index in [2.05, 4.69) is 29.4 Å². The molecule has 1 rings (SSSR count). The number of aliphatic imine (C=N–C) groups is 1. The average Bonchev–Trinajstić information content (AvgIpc) is 2.51. The first-order chi connectivity index (χ1) is 10.5. The first-order valence-electron chi connectivity index (χ1n) is 7.78. The lowest BCUT2D eigenvalue weighted by atomic mass is 10.2. The molecule has 1 N–H and O–H groups in total. The normalized spacial score (nSPS) is 11.2. The molecule has 5 heteroatoms. The Morgan fingerprint density at radius 3 is 2.45 bits per heavy atom. The van der Waals surface area contributed by atoms with E-state index in [9.17, 15) is 4.79 Å². The number of nitrogens with one attached hydrogen (secondary N) is 1. The Morgan fingerprint density at radius 1 is 1.18 bits per heavy atom. The second-order valence-corrected chi connectivity index (χ2v) is 5.55. The van der Waals surface area contributed by atoms with Gasteiger partial charge in [0.1, 0.15) is 6.54 Å². The summed E-state index contributed by atoms with van der Waals surface area (Å²) >= 11 is 0. The fraction of sp³-hybridized carbons (Fsp3) is 0.529. The molecule has 0 aliphatic rings. The van der Waals surface area contributed by atoms with Crippen LogP contribution in [-0.4, -0.2) is 55.9 Å². The van der Waals surface area contributed by atoms with Gasteiger partial charge < -0.3 is 15.1 Å². The zero-order chi connectivity index (χ0) is 16.4. The van der Waals surface area contributed by atoms with E-state index in [4.69, 9.17) is 0 Å². The smallest absolute Gasteiger partial charge is 0.243 e. The van der Waals surface area contributed by atoms with Gasteiger partial charge in [-0.3, -0.25) is 4.79 Å². The molecule has 1 amide bonds. The molecule has 0 aliphatic carbocycles. The quantitative estimate of drug-likeness (QED) is 0.476. The molecule has 1 aromatic carbocycles. The van der Waals surface area contributed by atoms with Crippen LogP contribution in [0.25, 0.3) is 0 Å². The van der Waals surface area contributed by atoms with Crippen molar-refractivity contribution < 1.29 is 4.79 Å². The summed E-state index contributed by atoms with van der Waals surface area (Å²) in [4.78, 5) is 19.8. The van der Waals surface area contributed by atoms with Crippen molar-refractivity contribution in [3.8, 4) is 0 Å². The SMILES string of the molecule is CCCCNC(=NCC(=O)N(C)C)N(C)Cc1ccccc1. The molecule has 0 heterocycles. The van der Waals surface area contributed by atoms with E-state index in [0.717, 1.165) is 31.9 Å². The molecule has 0 unspecified atom stereocenters. The molecule has 122 valence electrons. The number of hydrogen-bond acceptors (Lipinski definition) is 2. The lowest BCUT2D eigenvalue weighted by molar-refractivity contribution is -0.127. The van der Waals surface area contributed by atoms with Gasteiger partial charge >= 0.3 is 0 Å². The Balaban J connectivity index is 2.70. The summed E-state index contributed by atoms with van der Waals surface area (Å²) in [6, 6.07) is 10.2. The maximum absolute atomic E-state index is 11.7. The Hall–Kier alpha value is -2.04. The number of amides is 1. The van der Waals surface area contributed by atoms with E-state index in [1.54, 1.807) is 19.0 Å². The molecule has 0 bridgehead atoms. The van der Waals surface area contributed by atoms with Crippen molar-refractivity contribution in [2.24, 2.45) is 4.99 Å². The monoisotopic (exact) mass is 304 g/mol.